The van der Waals surface area contributed by atoms with Gasteiger partial charge in [-0.25, -0.2) is 0 Å². The van der Waals surface area contributed by atoms with Gasteiger partial charge in [0, 0.05) is 13.1 Å². The quantitative estimate of drug-likeness (QED) is 0.925. The zero-order chi connectivity index (χ0) is 14.7. The molecule has 0 radical (unpaired) electrons. The van der Waals surface area contributed by atoms with Gasteiger partial charge in [0.25, 0.3) is 0 Å². The van der Waals surface area contributed by atoms with Crippen molar-refractivity contribution in [2.24, 2.45) is 5.92 Å². The fourth-order valence-electron chi connectivity index (χ4n) is 3.69. The van der Waals surface area contributed by atoms with Crippen LogP contribution in [-0.4, -0.2) is 35.6 Å². The van der Waals surface area contributed by atoms with Crippen LogP contribution in [0.5, 0.6) is 0 Å². The van der Waals surface area contributed by atoms with E-state index in [1.165, 1.54) is 36.8 Å². The van der Waals surface area contributed by atoms with Gasteiger partial charge >= 0.3 is 5.97 Å². The number of fused-ring (bicyclic) bond motifs is 1. The van der Waals surface area contributed by atoms with E-state index in [1.54, 1.807) is 5.56 Å². The molecule has 1 unspecified atom stereocenters. The zero-order valence-corrected chi connectivity index (χ0v) is 12.7. The van der Waals surface area contributed by atoms with Crippen LogP contribution in [0.25, 0.3) is 0 Å². The molecule has 1 saturated heterocycles. The molecule has 1 aliphatic heterocycles. The molecule has 3 nitrogen and oxygen atoms in total. The number of carboxylic acid groups (broad SMARTS) is 1. The summed E-state index contributed by atoms with van der Waals surface area (Å²) in [6.07, 6.45) is 8.01. The summed E-state index contributed by atoms with van der Waals surface area (Å²) in [4.78, 5) is 13.4. The van der Waals surface area contributed by atoms with Gasteiger partial charge in [0.2, 0.25) is 0 Å². The lowest BCUT2D eigenvalue weighted by Gasteiger charge is -2.30. The van der Waals surface area contributed by atoms with E-state index in [0.29, 0.717) is 0 Å². The van der Waals surface area contributed by atoms with Gasteiger partial charge in [0.05, 0.1) is 5.92 Å². The molecule has 1 atom stereocenters. The molecule has 1 fully saturated rings. The molecule has 1 aromatic rings. The van der Waals surface area contributed by atoms with Crippen molar-refractivity contribution in [3.8, 4) is 0 Å². The van der Waals surface area contributed by atoms with Crippen LogP contribution in [0.4, 0.5) is 0 Å². The van der Waals surface area contributed by atoms with Gasteiger partial charge in [-0.3, -0.25) is 4.79 Å². The molecule has 1 N–H and O–H groups in total. The molecule has 2 aliphatic rings. The smallest absolute Gasteiger partial charge is 0.307 e. The number of carboxylic acids is 1. The minimum Gasteiger partial charge on any atom is -0.481 e. The van der Waals surface area contributed by atoms with E-state index in [9.17, 15) is 4.79 Å². The van der Waals surface area contributed by atoms with Crippen molar-refractivity contribution in [1.82, 2.24) is 4.90 Å². The van der Waals surface area contributed by atoms with Gasteiger partial charge in [-0.05, 0) is 68.2 Å². The molecule has 1 aliphatic carbocycles. The second-order valence-corrected chi connectivity index (χ2v) is 6.54. The largest absolute Gasteiger partial charge is 0.481 e. The van der Waals surface area contributed by atoms with E-state index in [0.717, 1.165) is 38.9 Å². The van der Waals surface area contributed by atoms with Crippen LogP contribution in [0, 0.1) is 5.92 Å². The van der Waals surface area contributed by atoms with E-state index in [-0.39, 0.29) is 5.92 Å². The maximum Gasteiger partial charge on any atom is 0.307 e. The Morgan fingerprint density at radius 2 is 2.00 bits per heavy atom. The number of carbonyl (C=O) groups is 1. The summed E-state index contributed by atoms with van der Waals surface area (Å²) in [5.74, 6) is -0.796. The first-order valence-electron chi connectivity index (χ1n) is 8.28. The third kappa shape index (κ3) is 3.65. The first-order chi connectivity index (χ1) is 10.2. The van der Waals surface area contributed by atoms with E-state index >= 15 is 0 Å². The van der Waals surface area contributed by atoms with Gasteiger partial charge < -0.3 is 10.0 Å². The molecular weight excluding hydrogens is 262 g/mol. The Morgan fingerprint density at radius 1 is 1.19 bits per heavy atom. The monoisotopic (exact) mass is 287 g/mol. The van der Waals surface area contributed by atoms with Crippen LogP contribution in [0.15, 0.2) is 18.2 Å². The molecule has 3 rings (SSSR count). The van der Waals surface area contributed by atoms with Crippen molar-refractivity contribution in [3.63, 3.8) is 0 Å². The van der Waals surface area contributed by atoms with Crippen LogP contribution in [0.3, 0.4) is 0 Å². The minimum atomic E-state index is -0.631. The van der Waals surface area contributed by atoms with Gasteiger partial charge in [0.15, 0.2) is 0 Å². The fourth-order valence-corrected chi connectivity index (χ4v) is 3.69. The predicted octanol–water partition coefficient (Wildman–Crippen LogP) is 2.90. The second-order valence-electron chi connectivity index (χ2n) is 6.54. The van der Waals surface area contributed by atoms with Crippen LogP contribution in [0.2, 0.25) is 0 Å². The summed E-state index contributed by atoms with van der Waals surface area (Å²) in [7, 11) is 0. The first-order valence-corrected chi connectivity index (χ1v) is 8.28. The van der Waals surface area contributed by atoms with Crippen LogP contribution in [0.1, 0.15) is 42.4 Å². The molecule has 0 bridgehead atoms. The number of aryl methyl sites for hydroxylation is 2. The topological polar surface area (TPSA) is 40.5 Å². The number of piperidine rings is 1. The highest BCUT2D eigenvalue weighted by Gasteiger charge is 2.24. The Kier molecular flexibility index (Phi) is 4.59. The molecule has 114 valence electrons. The number of benzene rings is 1. The maximum atomic E-state index is 11.1. The number of hydrogen-bond acceptors (Lipinski definition) is 2. The number of hydrogen-bond donors (Lipinski definition) is 1. The molecule has 3 heteroatoms. The van der Waals surface area contributed by atoms with Gasteiger partial charge in [0.1, 0.15) is 0 Å². The van der Waals surface area contributed by atoms with Crippen molar-refractivity contribution in [3.05, 3.63) is 34.9 Å². The average molecular weight is 287 g/mol. The molecule has 0 amide bonds. The molecule has 0 spiro atoms. The van der Waals surface area contributed by atoms with Crippen LogP contribution >= 0.6 is 0 Å². The minimum absolute atomic E-state index is 0.165. The average Bonchev–Trinajstić information content (AvgIpc) is 2.53. The lowest BCUT2D eigenvalue weighted by Crippen LogP contribution is -2.39. The first kappa shape index (κ1) is 14.6. The molecule has 1 heterocycles. The van der Waals surface area contributed by atoms with Crippen LogP contribution in [-0.2, 0) is 24.1 Å². The van der Waals surface area contributed by atoms with E-state index < -0.39 is 5.97 Å². The zero-order valence-electron chi connectivity index (χ0n) is 12.7. The van der Waals surface area contributed by atoms with Crippen molar-refractivity contribution in [2.45, 2.75) is 44.9 Å². The van der Waals surface area contributed by atoms with Gasteiger partial charge in [-0.1, -0.05) is 18.2 Å². The molecule has 0 saturated carbocycles. The van der Waals surface area contributed by atoms with E-state index in [1.807, 2.05) is 0 Å². The number of nitrogens with zero attached hydrogens (tertiary/aromatic N) is 1. The molecule has 1 aromatic carbocycles. The SMILES string of the molecule is O=C(O)C1CCCN(CCc2ccc3c(c2)CCCC3)C1. The van der Waals surface area contributed by atoms with E-state index in [2.05, 4.69) is 23.1 Å². The fraction of sp³-hybridized carbons (Fsp3) is 0.611. The maximum absolute atomic E-state index is 11.1. The molecule has 0 aromatic heterocycles. The standard InChI is InChI=1S/C18H25NO2/c20-18(21)17-6-3-10-19(13-17)11-9-14-7-8-15-4-1-2-5-16(15)12-14/h7-8,12,17H,1-6,9-11,13H2,(H,20,21). The highest BCUT2D eigenvalue weighted by Crippen LogP contribution is 2.23. The van der Waals surface area contributed by atoms with E-state index in [4.69, 9.17) is 5.11 Å². The summed E-state index contributed by atoms with van der Waals surface area (Å²) < 4.78 is 0. The molecular formula is C18H25NO2. The van der Waals surface area contributed by atoms with Gasteiger partial charge in [-0.15, -0.1) is 0 Å². The summed E-state index contributed by atoms with van der Waals surface area (Å²) in [5.41, 5.74) is 4.49. The van der Waals surface area contributed by atoms with Crippen molar-refractivity contribution < 1.29 is 9.90 Å². The summed E-state index contributed by atoms with van der Waals surface area (Å²) >= 11 is 0. The summed E-state index contributed by atoms with van der Waals surface area (Å²) in [6, 6.07) is 6.95. The van der Waals surface area contributed by atoms with Crippen LogP contribution < -0.4 is 0 Å². The summed E-state index contributed by atoms with van der Waals surface area (Å²) in [5, 5.41) is 9.15. The highest BCUT2D eigenvalue weighted by atomic mass is 16.4. The van der Waals surface area contributed by atoms with Crippen molar-refractivity contribution >= 4 is 5.97 Å². The number of aliphatic carboxylic acids is 1. The molecule has 21 heavy (non-hydrogen) atoms. The Labute approximate surface area is 127 Å². The predicted molar refractivity (Wildman–Crippen MR) is 83.6 cm³/mol. The highest BCUT2D eigenvalue weighted by molar-refractivity contribution is 5.70. The Bertz CT molecular complexity index is 512. The number of likely N-dealkylation sites (tertiary alicyclic amines) is 1. The van der Waals surface area contributed by atoms with Gasteiger partial charge in [-0.2, -0.15) is 0 Å². The Hall–Kier alpha value is -1.35. The normalized spacial score (nSPS) is 22.8. The Balaban J connectivity index is 1.56. The third-order valence-corrected chi connectivity index (χ3v) is 4.98. The van der Waals surface area contributed by atoms with Crippen molar-refractivity contribution in [1.29, 1.82) is 0 Å². The lowest BCUT2D eigenvalue weighted by molar-refractivity contribution is -0.143. The second kappa shape index (κ2) is 6.61. The number of rotatable bonds is 4. The lowest BCUT2D eigenvalue weighted by atomic mass is 9.90. The Morgan fingerprint density at radius 3 is 2.81 bits per heavy atom. The third-order valence-electron chi connectivity index (χ3n) is 4.98. The summed E-state index contributed by atoms with van der Waals surface area (Å²) in [6.45, 7) is 2.76. The van der Waals surface area contributed by atoms with Crippen molar-refractivity contribution in [2.75, 3.05) is 19.6 Å².